The van der Waals surface area contributed by atoms with Crippen LogP contribution in [-0.4, -0.2) is 39.7 Å². The fourth-order valence-corrected chi connectivity index (χ4v) is 4.51. The molecule has 0 aromatic rings. The molecule has 0 rings (SSSR count). The molecule has 0 fully saturated rings. The van der Waals surface area contributed by atoms with Gasteiger partial charge in [0, 0.05) is 10.3 Å². The lowest BCUT2D eigenvalue weighted by Gasteiger charge is -2.40. The minimum Gasteiger partial charge on any atom is -0.200 e. The Kier molecular flexibility index (Phi) is 14.2. The molecule has 36 heavy (non-hydrogen) atoms. The fraction of sp³-hybridized carbons (Fsp3) is 1.00. The van der Waals surface area contributed by atoms with Gasteiger partial charge in [0.05, 0.1) is 0 Å². The summed E-state index contributed by atoms with van der Waals surface area (Å²) in [7, 11) is 0. The van der Waals surface area contributed by atoms with Crippen molar-refractivity contribution in [2.24, 2.45) is 0 Å². The number of alkyl halides is 14. The minimum absolute atomic E-state index is 0.190. The van der Waals surface area contributed by atoms with Crippen molar-refractivity contribution in [1.29, 1.82) is 0 Å². The molecule has 218 valence electrons. The Morgan fingerprint density at radius 1 is 0.472 bits per heavy atom. The monoisotopic (exact) mass is 670 g/mol. The van der Waals surface area contributed by atoms with Crippen LogP contribution in [0.1, 0.15) is 96.8 Å². The van der Waals surface area contributed by atoms with Crippen molar-refractivity contribution in [3.63, 3.8) is 0 Å². The highest BCUT2D eigenvalue weighted by molar-refractivity contribution is 14.1. The topological polar surface area (TPSA) is 0 Å². The number of unbranched alkanes of at least 4 members (excludes halogenated alkanes) is 11. The summed E-state index contributed by atoms with van der Waals surface area (Å²) in [6.07, 6.45) is 1.48. The molecule has 0 saturated carbocycles. The summed E-state index contributed by atoms with van der Waals surface area (Å²) < 4.78 is 170. The summed E-state index contributed by atoms with van der Waals surface area (Å²) in [4.78, 5) is 0. The average Bonchev–Trinajstić information content (AvgIpc) is 2.72. The summed E-state index contributed by atoms with van der Waals surface area (Å²) in [6.45, 7) is 2.12. The fourth-order valence-electron chi connectivity index (χ4n) is 3.52. The van der Waals surface area contributed by atoms with Crippen molar-refractivity contribution in [2.75, 3.05) is 0 Å². The third-order valence-electron chi connectivity index (χ3n) is 5.85. The quantitative estimate of drug-likeness (QED) is 0.0556. The van der Waals surface area contributed by atoms with E-state index in [1.165, 1.54) is 41.9 Å². The highest BCUT2D eigenvalue weighted by Gasteiger charge is 2.90. The molecule has 0 N–H and O–H groups in total. The SMILES string of the molecule is CCCCCCCCCCCCCCC(I)CC(F)(F)C(F)(F)C(F)(F)C(F)(F)C(F)(F)C(F)(F)F. The van der Waals surface area contributed by atoms with E-state index < -0.39 is 46.1 Å². The van der Waals surface area contributed by atoms with Crippen LogP contribution in [0.5, 0.6) is 0 Å². The molecule has 0 aliphatic rings. The highest BCUT2D eigenvalue weighted by Crippen LogP contribution is 2.61. The van der Waals surface area contributed by atoms with Gasteiger partial charge in [-0.25, -0.2) is 0 Å². The van der Waals surface area contributed by atoms with Crippen molar-refractivity contribution >= 4 is 22.6 Å². The number of hydrogen-bond acceptors (Lipinski definition) is 0. The van der Waals surface area contributed by atoms with Gasteiger partial charge in [-0.3, -0.25) is 0 Å². The Morgan fingerprint density at radius 2 is 0.806 bits per heavy atom. The second kappa shape index (κ2) is 14.3. The highest BCUT2D eigenvalue weighted by atomic mass is 127. The number of rotatable bonds is 19. The van der Waals surface area contributed by atoms with Gasteiger partial charge in [0.25, 0.3) is 0 Å². The van der Waals surface area contributed by atoms with Gasteiger partial charge in [-0.05, 0) is 6.42 Å². The van der Waals surface area contributed by atoms with Crippen LogP contribution < -0.4 is 0 Å². The van der Waals surface area contributed by atoms with Crippen molar-refractivity contribution in [3.8, 4) is 0 Å². The van der Waals surface area contributed by atoms with E-state index in [0.717, 1.165) is 38.5 Å². The molecule has 0 heterocycles. The van der Waals surface area contributed by atoms with Crippen LogP contribution in [-0.2, 0) is 0 Å². The van der Waals surface area contributed by atoms with E-state index in [9.17, 15) is 57.1 Å². The largest absolute Gasteiger partial charge is 0.460 e. The van der Waals surface area contributed by atoms with Crippen molar-refractivity contribution in [2.45, 2.75) is 137 Å². The molecule has 0 radical (unpaired) electrons. The maximum Gasteiger partial charge on any atom is 0.460 e. The normalized spacial score (nSPS) is 15.4. The van der Waals surface area contributed by atoms with Gasteiger partial charge < -0.3 is 0 Å². The van der Waals surface area contributed by atoms with Crippen LogP contribution >= 0.6 is 22.6 Å². The van der Waals surface area contributed by atoms with Crippen LogP contribution in [0.25, 0.3) is 0 Å². The third kappa shape index (κ3) is 8.94. The van der Waals surface area contributed by atoms with Crippen LogP contribution in [0.15, 0.2) is 0 Å². The second-order valence-corrected chi connectivity index (χ2v) is 10.7. The molecule has 0 nitrogen and oxygen atoms in total. The standard InChI is InChI=1S/C22H32F13I/c1-2-3-4-5-6-7-8-9-10-11-12-13-14-16(36)15-17(23,24)18(25,26)19(27,28)20(29,30)21(31,32)22(33,34)35/h16H,2-15H2,1H3. The Bertz CT molecular complexity index is 618. The first-order chi connectivity index (χ1) is 16.2. The summed E-state index contributed by atoms with van der Waals surface area (Å²) in [5.41, 5.74) is 0. The Balaban J connectivity index is 4.72. The zero-order valence-corrected chi connectivity index (χ0v) is 21.9. The average molecular weight is 670 g/mol. The van der Waals surface area contributed by atoms with Crippen molar-refractivity contribution in [3.05, 3.63) is 0 Å². The van der Waals surface area contributed by atoms with Gasteiger partial charge in [-0.2, -0.15) is 57.1 Å². The first-order valence-electron chi connectivity index (χ1n) is 11.8. The first kappa shape index (κ1) is 35.8. The summed E-state index contributed by atoms with van der Waals surface area (Å²) in [5.74, 6) is -36.4. The predicted molar refractivity (Wildman–Crippen MR) is 119 cm³/mol. The molecule has 0 aromatic heterocycles. The van der Waals surface area contributed by atoms with E-state index in [1.807, 2.05) is 0 Å². The first-order valence-corrected chi connectivity index (χ1v) is 13.0. The molecule has 0 aliphatic heterocycles. The van der Waals surface area contributed by atoms with Gasteiger partial charge in [-0.1, -0.05) is 107 Å². The van der Waals surface area contributed by atoms with E-state index in [1.54, 1.807) is 0 Å². The summed E-state index contributed by atoms with van der Waals surface area (Å²) in [5, 5.41) is 0. The summed E-state index contributed by atoms with van der Waals surface area (Å²) in [6, 6.07) is 0. The maximum absolute atomic E-state index is 13.9. The van der Waals surface area contributed by atoms with Crippen molar-refractivity contribution < 1.29 is 57.1 Å². The molecule has 0 aromatic carbocycles. The van der Waals surface area contributed by atoms with Crippen LogP contribution in [0.2, 0.25) is 0 Å². The molecule has 0 spiro atoms. The summed E-state index contributed by atoms with van der Waals surface area (Å²) >= 11 is 1.20. The molecule has 0 amide bonds. The maximum atomic E-state index is 13.9. The lowest BCUT2D eigenvalue weighted by molar-refractivity contribution is -0.440. The Labute approximate surface area is 216 Å². The second-order valence-electron chi connectivity index (χ2n) is 8.98. The number of halogens is 14. The van der Waals surface area contributed by atoms with E-state index in [0.29, 0.717) is 12.8 Å². The van der Waals surface area contributed by atoms with Gasteiger partial charge in [0.1, 0.15) is 0 Å². The molecule has 1 atom stereocenters. The Hall–Kier alpha value is -0.180. The van der Waals surface area contributed by atoms with E-state index in [4.69, 9.17) is 0 Å². The van der Waals surface area contributed by atoms with Gasteiger partial charge in [-0.15, -0.1) is 0 Å². The zero-order chi connectivity index (χ0) is 28.5. The lowest BCUT2D eigenvalue weighted by atomic mass is 9.91. The minimum atomic E-state index is -7.83. The van der Waals surface area contributed by atoms with E-state index >= 15 is 0 Å². The van der Waals surface area contributed by atoms with Crippen LogP contribution in [0.3, 0.4) is 0 Å². The molecular weight excluding hydrogens is 638 g/mol. The molecule has 0 bridgehead atoms. The van der Waals surface area contributed by atoms with E-state index in [2.05, 4.69) is 6.92 Å². The molecule has 1 unspecified atom stereocenters. The predicted octanol–water partition coefficient (Wildman–Crippen LogP) is 11.0. The van der Waals surface area contributed by atoms with Gasteiger partial charge >= 0.3 is 35.8 Å². The molecule has 14 heteroatoms. The van der Waals surface area contributed by atoms with Crippen LogP contribution in [0, 0.1) is 0 Å². The van der Waals surface area contributed by atoms with Gasteiger partial charge in [0.15, 0.2) is 0 Å². The third-order valence-corrected chi connectivity index (χ3v) is 6.91. The number of hydrogen-bond donors (Lipinski definition) is 0. The lowest BCUT2D eigenvalue weighted by Crippen LogP contribution is -2.70. The van der Waals surface area contributed by atoms with Crippen LogP contribution in [0.4, 0.5) is 57.1 Å². The molecular formula is C22H32F13I. The molecule has 0 aliphatic carbocycles. The van der Waals surface area contributed by atoms with E-state index in [-0.39, 0.29) is 12.8 Å². The molecule has 0 saturated heterocycles. The smallest absolute Gasteiger partial charge is 0.200 e. The Morgan fingerprint density at radius 3 is 1.17 bits per heavy atom. The zero-order valence-electron chi connectivity index (χ0n) is 19.8. The van der Waals surface area contributed by atoms with Gasteiger partial charge in [0.2, 0.25) is 0 Å². The van der Waals surface area contributed by atoms with Crippen molar-refractivity contribution in [1.82, 2.24) is 0 Å².